The lowest BCUT2D eigenvalue weighted by molar-refractivity contribution is 0.0696. The number of anilines is 1. The molecule has 3 N–H and O–H groups in total. The average Bonchev–Trinajstić information content (AvgIpc) is 2.32. The molecule has 0 saturated carbocycles. The zero-order chi connectivity index (χ0) is 14.0. The number of aromatic nitrogens is 2. The molecule has 1 aromatic heterocycles. The van der Waals surface area contributed by atoms with Crippen molar-refractivity contribution in [1.82, 2.24) is 9.55 Å². The number of benzene rings is 1. The highest BCUT2D eigenvalue weighted by Gasteiger charge is 2.14. The van der Waals surface area contributed by atoms with Gasteiger partial charge in [-0.25, -0.2) is 9.78 Å². The summed E-state index contributed by atoms with van der Waals surface area (Å²) in [7, 11) is 0. The SMILES string of the molecule is Cc1cc(=O)n(Cc2cccc(N)c2C(=O)O)cn1. The van der Waals surface area contributed by atoms with E-state index in [1.165, 1.54) is 23.0 Å². The van der Waals surface area contributed by atoms with Gasteiger partial charge >= 0.3 is 5.97 Å². The molecular weight excluding hydrogens is 246 g/mol. The number of hydrogen-bond acceptors (Lipinski definition) is 4. The number of nitrogen functional groups attached to an aromatic ring is 1. The molecule has 0 unspecified atom stereocenters. The number of carboxylic acid groups (broad SMARTS) is 1. The zero-order valence-electron chi connectivity index (χ0n) is 10.3. The molecule has 0 fully saturated rings. The number of rotatable bonds is 3. The van der Waals surface area contributed by atoms with Gasteiger partial charge < -0.3 is 10.8 Å². The van der Waals surface area contributed by atoms with Crippen LogP contribution in [0.5, 0.6) is 0 Å². The Morgan fingerprint density at radius 2 is 2.21 bits per heavy atom. The molecule has 98 valence electrons. The van der Waals surface area contributed by atoms with Crippen LogP contribution in [0.3, 0.4) is 0 Å². The molecule has 0 atom stereocenters. The van der Waals surface area contributed by atoms with E-state index in [0.29, 0.717) is 11.3 Å². The van der Waals surface area contributed by atoms with Gasteiger partial charge in [-0.15, -0.1) is 0 Å². The van der Waals surface area contributed by atoms with Crippen LogP contribution in [0.1, 0.15) is 21.6 Å². The maximum atomic E-state index is 11.8. The lowest BCUT2D eigenvalue weighted by Gasteiger charge is -2.10. The summed E-state index contributed by atoms with van der Waals surface area (Å²) < 4.78 is 1.34. The molecule has 2 aromatic rings. The normalized spacial score (nSPS) is 10.4. The van der Waals surface area contributed by atoms with Crippen LogP contribution in [0.15, 0.2) is 35.4 Å². The topological polar surface area (TPSA) is 98.2 Å². The molecule has 0 radical (unpaired) electrons. The van der Waals surface area contributed by atoms with E-state index in [-0.39, 0.29) is 23.4 Å². The van der Waals surface area contributed by atoms with E-state index in [9.17, 15) is 9.59 Å². The maximum Gasteiger partial charge on any atom is 0.338 e. The van der Waals surface area contributed by atoms with E-state index in [4.69, 9.17) is 10.8 Å². The number of aryl methyl sites for hydroxylation is 1. The van der Waals surface area contributed by atoms with Gasteiger partial charge in [0.1, 0.15) is 0 Å². The summed E-state index contributed by atoms with van der Waals surface area (Å²) in [4.78, 5) is 27.0. The Hall–Kier alpha value is -2.63. The molecule has 6 nitrogen and oxygen atoms in total. The molecule has 0 bridgehead atoms. The van der Waals surface area contributed by atoms with E-state index >= 15 is 0 Å². The summed E-state index contributed by atoms with van der Waals surface area (Å²) in [6.45, 7) is 1.84. The second kappa shape index (κ2) is 4.93. The van der Waals surface area contributed by atoms with Gasteiger partial charge in [0, 0.05) is 17.4 Å². The largest absolute Gasteiger partial charge is 0.478 e. The van der Waals surface area contributed by atoms with Crippen LogP contribution in [0.2, 0.25) is 0 Å². The fraction of sp³-hybridized carbons (Fsp3) is 0.154. The predicted octanol–water partition coefficient (Wildman–Crippen LogP) is 0.880. The predicted molar refractivity (Wildman–Crippen MR) is 70.1 cm³/mol. The molecule has 0 saturated heterocycles. The van der Waals surface area contributed by atoms with Crippen molar-refractivity contribution < 1.29 is 9.90 Å². The number of hydrogen-bond donors (Lipinski definition) is 2. The van der Waals surface area contributed by atoms with Crippen LogP contribution in [-0.4, -0.2) is 20.6 Å². The quantitative estimate of drug-likeness (QED) is 0.797. The van der Waals surface area contributed by atoms with Crippen molar-refractivity contribution in [1.29, 1.82) is 0 Å². The Balaban J connectivity index is 2.47. The first-order valence-electron chi connectivity index (χ1n) is 5.63. The highest BCUT2D eigenvalue weighted by atomic mass is 16.4. The Bertz CT molecular complexity index is 692. The fourth-order valence-electron chi connectivity index (χ4n) is 1.83. The number of nitrogens with two attached hydrogens (primary N) is 1. The Morgan fingerprint density at radius 3 is 2.84 bits per heavy atom. The highest BCUT2D eigenvalue weighted by molar-refractivity contribution is 5.95. The van der Waals surface area contributed by atoms with Crippen molar-refractivity contribution in [2.24, 2.45) is 0 Å². The van der Waals surface area contributed by atoms with Crippen LogP contribution >= 0.6 is 0 Å². The van der Waals surface area contributed by atoms with Gasteiger partial charge in [0.25, 0.3) is 5.56 Å². The van der Waals surface area contributed by atoms with Gasteiger partial charge in [-0.2, -0.15) is 0 Å². The molecule has 0 spiro atoms. The second-order valence-electron chi connectivity index (χ2n) is 4.18. The smallest absolute Gasteiger partial charge is 0.338 e. The molecule has 6 heteroatoms. The van der Waals surface area contributed by atoms with E-state index in [0.717, 1.165) is 0 Å². The minimum Gasteiger partial charge on any atom is -0.478 e. The van der Waals surface area contributed by atoms with Crippen LogP contribution in [0.4, 0.5) is 5.69 Å². The summed E-state index contributed by atoms with van der Waals surface area (Å²) in [5.74, 6) is -1.11. The summed E-state index contributed by atoms with van der Waals surface area (Å²) in [6.07, 6.45) is 1.40. The van der Waals surface area contributed by atoms with Crippen molar-refractivity contribution >= 4 is 11.7 Å². The van der Waals surface area contributed by atoms with E-state index < -0.39 is 5.97 Å². The number of carbonyl (C=O) groups is 1. The van der Waals surface area contributed by atoms with Gasteiger partial charge in [0.05, 0.1) is 18.4 Å². The minimum absolute atomic E-state index is 0.0231. The third-order valence-corrected chi connectivity index (χ3v) is 2.75. The van der Waals surface area contributed by atoms with Crippen molar-refractivity contribution in [2.75, 3.05) is 5.73 Å². The number of nitrogens with zero attached hydrogens (tertiary/aromatic N) is 2. The molecule has 0 aliphatic carbocycles. The average molecular weight is 259 g/mol. The zero-order valence-corrected chi connectivity index (χ0v) is 10.3. The Labute approximate surface area is 109 Å². The molecule has 0 aliphatic rings. The lowest BCUT2D eigenvalue weighted by Crippen LogP contribution is -2.22. The Morgan fingerprint density at radius 1 is 1.47 bits per heavy atom. The van der Waals surface area contributed by atoms with E-state index in [1.54, 1.807) is 19.1 Å². The van der Waals surface area contributed by atoms with Crippen LogP contribution in [0, 0.1) is 6.92 Å². The molecule has 2 rings (SSSR count). The first kappa shape index (κ1) is 12.8. The standard InChI is InChI=1S/C13H13N3O3/c1-8-5-11(17)16(7-15-8)6-9-3-2-4-10(14)12(9)13(18)19/h2-5,7H,6,14H2,1H3,(H,18,19). The summed E-state index contributed by atoms with van der Waals surface area (Å²) in [5.41, 5.74) is 6.72. The molecule has 19 heavy (non-hydrogen) atoms. The summed E-state index contributed by atoms with van der Waals surface area (Å²) in [6, 6.07) is 6.20. The van der Waals surface area contributed by atoms with Crippen molar-refractivity contribution in [3.63, 3.8) is 0 Å². The Kier molecular flexibility index (Phi) is 3.33. The molecule has 1 aromatic carbocycles. The van der Waals surface area contributed by atoms with Crippen molar-refractivity contribution in [3.05, 3.63) is 57.8 Å². The van der Waals surface area contributed by atoms with Crippen molar-refractivity contribution in [2.45, 2.75) is 13.5 Å². The fourth-order valence-corrected chi connectivity index (χ4v) is 1.83. The van der Waals surface area contributed by atoms with E-state index in [1.807, 2.05) is 0 Å². The van der Waals surface area contributed by atoms with Crippen LogP contribution < -0.4 is 11.3 Å². The van der Waals surface area contributed by atoms with Crippen LogP contribution in [-0.2, 0) is 6.54 Å². The lowest BCUT2D eigenvalue weighted by atomic mass is 10.1. The monoisotopic (exact) mass is 259 g/mol. The van der Waals surface area contributed by atoms with Gasteiger partial charge in [-0.1, -0.05) is 12.1 Å². The summed E-state index contributed by atoms with van der Waals surface area (Å²) >= 11 is 0. The minimum atomic E-state index is -1.11. The first-order valence-corrected chi connectivity index (χ1v) is 5.63. The van der Waals surface area contributed by atoms with Crippen molar-refractivity contribution in [3.8, 4) is 0 Å². The molecule has 0 aliphatic heterocycles. The molecular formula is C13H13N3O3. The summed E-state index contributed by atoms with van der Waals surface area (Å²) in [5, 5.41) is 9.15. The molecule has 1 heterocycles. The third kappa shape index (κ3) is 2.62. The first-order chi connectivity index (χ1) is 8.99. The van der Waals surface area contributed by atoms with Crippen LogP contribution in [0.25, 0.3) is 0 Å². The van der Waals surface area contributed by atoms with E-state index in [2.05, 4.69) is 4.98 Å². The highest BCUT2D eigenvalue weighted by Crippen LogP contribution is 2.17. The number of carboxylic acids is 1. The number of aromatic carboxylic acids is 1. The second-order valence-corrected chi connectivity index (χ2v) is 4.18. The van der Waals surface area contributed by atoms with Gasteiger partial charge in [0.15, 0.2) is 0 Å². The molecule has 0 amide bonds. The maximum absolute atomic E-state index is 11.8. The van der Waals surface area contributed by atoms with Gasteiger partial charge in [-0.05, 0) is 18.6 Å². The third-order valence-electron chi connectivity index (χ3n) is 2.75. The van der Waals surface area contributed by atoms with Gasteiger partial charge in [0.2, 0.25) is 0 Å². The van der Waals surface area contributed by atoms with Gasteiger partial charge in [-0.3, -0.25) is 9.36 Å².